The molecule has 0 unspecified atom stereocenters. The minimum absolute atomic E-state index is 0.231. The topological polar surface area (TPSA) is 75.6 Å². The van der Waals surface area contributed by atoms with Gasteiger partial charge in [0, 0.05) is 17.5 Å². The van der Waals surface area contributed by atoms with E-state index < -0.39 is 18.1 Å². The third-order valence-electron chi connectivity index (χ3n) is 3.22. The molecule has 1 aromatic rings. The standard InChI is InChI=1S/C14H16BrNO4/c15-10-5-2-1-4-9(10)8-11(14(18)19)16-13(17)12-6-3-7-20-12/h1-2,4-5,11-12H,3,6-8H2,(H,16,17)(H,18,19)/t11-,12-/m0/s1. The van der Waals surface area contributed by atoms with Crippen LogP contribution in [0.2, 0.25) is 0 Å². The zero-order valence-corrected chi connectivity index (χ0v) is 12.4. The predicted octanol–water partition coefficient (Wildman–Crippen LogP) is 1.74. The molecule has 0 saturated carbocycles. The molecule has 0 aromatic heterocycles. The van der Waals surface area contributed by atoms with E-state index in [1.54, 1.807) is 0 Å². The lowest BCUT2D eigenvalue weighted by Crippen LogP contribution is -2.46. The first-order valence-corrected chi connectivity index (χ1v) is 7.25. The number of carboxylic acid groups (broad SMARTS) is 1. The third-order valence-corrected chi connectivity index (χ3v) is 3.99. The second-order valence-corrected chi connectivity index (χ2v) is 5.55. The normalized spacial score (nSPS) is 19.6. The van der Waals surface area contributed by atoms with Gasteiger partial charge in [-0.25, -0.2) is 4.79 Å². The van der Waals surface area contributed by atoms with Crippen LogP contribution in [0.25, 0.3) is 0 Å². The molecule has 1 amide bonds. The summed E-state index contributed by atoms with van der Waals surface area (Å²) in [7, 11) is 0. The van der Waals surface area contributed by atoms with Gasteiger partial charge in [0.25, 0.3) is 0 Å². The Hall–Kier alpha value is -1.40. The Morgan fingerprint density at radius 3 is 2.80 bits per heavy atom. The first-order valence-electron chi connectivity index (χ1n) is 6.46. The SMILES string of the molecule is O=C(O)[C@H](Cc1ccccc1Br)NC(=O)[C@@H]1CCCO1. The van der Waals surface area contributed by atoms with Crippen LogP contribution < -0.4 is 5.32 Å². The molecule has 1 aromatic carbocycles. The molecule has 0 spiro atoms. The second kappa shape index (κ2) is 6.85. The molecular formula is C14H16BrNO4. The average molecular weight is 342 g/mol. The van der Waals surface area contributed by atoms with Gasteiger partial charge < -0.3 is 15.2 Å². The van der Waals surface area contributed by atoms with Crippen LogP contribution in [0.1, 0.15) is 18.4 Å². The minimum Gasteiger partial charge on any atom is -0.480 e. The summed E-state index contributed by atoms with van der Waals surface area (Å²) in [5, 5.41) is 11.8. The van der Waals surface area contributed by atoms with Crippen molar-refractivity contribution in [2.45, 2.75) is 31.4 Å². The van der Waals surface area contributed by atoms with E-state index in [0.717, 1.165) is 16.5 Å². The van der Waals surface area contributed by atoms with E-state index in [9.17, 15) is 14.7 Å². The molecule has 2 rings (SSSR count). The molecule has 20 heavy (non-hydrogen) atoms. The van der Waals surface area contributed by atoms with E-state index in [0.29, 0.717) is 13.0 Å². The van der Waals surface area contributed by atoms with Gasteiger partial charge in [-0.05, 0) is 24.5 Å². The van der Waals surface area contributed by atoms with E-state index >= 15 is 0 Å². The number of nitrogens with one attached hydrogen (secondary N) is 1. The highest BCUT2D eigenvalue weighted by Gasteiger charge is 2.28. The molecular weight excluding hydrogens is 326 g/mol. The Morgan fingerprint density at radius 1 is 1.45 bits per heavy atom. The molecule has 6 heteroatoms. The van der Waals surface area contributed by atoms with Crippen LogP contribution in [-0.4, -0.2) is 35.7 Å². The second-order valence-electron chi connectivity index (χ2n) is 4.70. The predicted molar refractivity (Wildman–Crippen MR) is 76.4 cm³/mol. The van der Waals surface area contributed by atoms with Crippen LogP contribution in [0.3, 0.4) is 0 Å². The Balaban J connectivity index is 2.02. The number of halogens is 1. The fraction of sp³-hybridized carbons (Fsp3) is 0.429. The summed E-state index contributed by atoms with van der Waals surface area (Å²) in [6.45, 7) is 0.556. The molecule has 1 saturated heterocycles. The highest BCUT2D eigenvalue weighted by molar-refractivity contribution is 9.10. The number of amides is 1. The maximum atomic E-state index is 11.9. The number of rotatable bonds is 5. The van der Waals surface area contributed by atoms with Gasteiger partial charge in [0.05, 0.1) is 0 Å². The van der Waals surface area contributed by atoms with E-state index in [-0.39, 0.29) is 12.3 Å². The Labute approximate surface area is 125 Å². The Kier molecular flexibility index (Phi) is 5.14. The Bertz CT molecular complexity index is 500. The monoisotopic (exact) mass is 341 g/mol. The maximum absolute atomic E-state index is 11.9. The van der Waals surface area contributed by atoms with E-state index in [2.05, 4.69) is 21.2 Å². The van der Waals surface area contributed by atoms with Crippen molar-refractivity contribution in [2.24, 2.45) is 0 Å². The van der Waals surface area contributed by atoms with Crippen LogP contribution in [0.5, 0.6) is 0 Å². The number of carbonyl (C=O) groups excluding carboxylic acids is 1. The van der Waals surface area contributed by atoms with Gasteiger partial charge in [-0.3, -0.25) is 4.79 Å². The van der Waals surface area contributed by atoms with Gasteiger partial charge in [-0.2, -0.15) is 0 Å². The number of carboxylic acids is 1. The first kappa shape index (κ1) is 15.0. The van der Waals surface area contributed by atoms with Crippen molar-refractivity contribution in [3.05, 3.63) is 34.3 Å². The van der Waals surface area contributed by atoms with Gasteiger partial charge in [0.15, 0.2) is 0 Å². The lowest BCUT2D eigenvalue weighted by molar-refractivity contribution is -0.143. The van der Waals surface area contributed by atoms with Gasteiger partial charge >= 0.3 is 5.97 Å². The third kappa shape index (κ3) is 3.80. The number of benzene rings is 1. The van der Waals surface area contributed by atoms with Crippen LogP contribution in [-0.2, 0) is 20.7 Å². The van der Waals surface area contributed by atoms with Gasteiger partial charge in [-0.1, -0.05) is 34.1 Å². The number of hydrogen-bond acceptors (Lipinski definition) is 3. The molecule has 5 nitrogen and oxygen atoms in total. The largest absolute Gasteiger partial charge is 0.480 e. The molecule has 108 valence electrons. The molecule has 1 fully saturated rings. The van der Waals surface area contributed by atoms with Crippen LogP contribution >= 0.6 is 15.9 Å². The number of ether oxygens (including phenoxy) is 1. The van der Waals surface area contributed by atoms with E-state index in [4.69, 9.17) is 4.74 Å². The molecule has 2 N–H and O–H groups in total. The maximum Gasteiger partial charge on any atom is 0.326 e. The smallest absolute Gasteiger partial charge is 0.326 e. The summed E-state index contributed by atoms with van der Waals surface area (Å²) in [5.74, 6) is -1.39. The van der Waals surface area contributed by atoms with Crippen molar-refractivity contribution in [1.29, 1.82) is 0 Å². The van der Waals surface area contributed by atoms with Crippen molar-refractivity contribution in [3.8, 4) is 0 Å². The van der Waals surface area contributed by atoms with Gasteiger partial charge in [0.2, 0.25) is 5.91 Å². The summed E-state index contributed by atoms with van der Waals surface area (Å²) in [6, 6.07) is 6.41. The van der Waals surface area contributed by atoms with Crippen molar-refractivity contribution in [2.75, 3.05) is 6.61 Å². The van der Waals surface area contributed by atoms with Crippen LogP contribution in [0, 0.1) is 0 Å². The van der Waals surface area contributed by atoms with Crippen molar-refractivity contribution >= 4 is 27.8 Å². The minimum atomic E-state index is -1.05. The lowest BCUT2D eigenvalue weighted by Gasteiger charge is -2.17. The van der Waals surface area contributed by atoms with Crippen LogP contribution in [0.15, 0.2) is 28.7 Å². The van der Waals surface area contributed by atoms with E-state index in [1.807, 2.05) is 24.3 Å². The zero-order chi connectivity index (χ0) is 14.5. The highest BCUT2D eigenvalue weighted by atomic mass is 79.9. The van der Waals surface area contributed by atoms with Crippen molar-refractivity contribution < 1.29 is 19.4 Å². The molecule has 1 heterocycles. The summed E-state index contributed by atoms with van der Waals surface area (Å²) in [4.78, 5) is 23.2. The molecule has 2 atom stereocenters. The molecule has 0 radical (unpaired) electrons. The van der Waals surface area contributed by atoms with Crippen molar-refractivity contribution in [1.82, 2.24) is 5.32 Å². The molecule has 0 bridgehead atoms. The number of aliphatic carboxylic acids is 1. The number of carbonyl (C=O) groups is 2. The van der Waals surface area contributed by atoms with Crippen molar-refractivity contribution in [3.63, 3.8) is 0 Å². The molecule has 1 aliphatic rings. The zero-order valence-electron chi connectivity index (χ0n) is 10.8. The lowest BCUT2D eigenvalue weighted by atomic mass is 10.1. The summed E-state index contributed by atoms with van der Waals surface area (Å²) >= 11 is 3.38. The van der Waals surface area contributed by atoms with Gasteiger partial charge in [0.1, 0.15) is 12.1 Å². The highest BCUT2D eigenvalue weighted by Crippen LogP contribution is 2.18. The summed E-state index contributed by atoms with van der Waals surface area (Å²) < 4.78 is 6.09. The fourth-order valence-corrected chi connectivity index (χ4v) is 2.58. The first-order chi connectivity index (χ1) is 9.58. The fourth-order valence-electron chi connectivity index (χ4n) is 2.13. The number of hydrogen-bond donors (Lipinski definition) is 2. The molecule has 0 aliphatic carbocycles. The summed E-state index contributed by atoms with van der Waals surface area (Å²) in [6.07, 6.45) is 1.19. The Morgan fingerprint density at radius 2 is 2.20 bits per heavy atom. The average Bonchev–Trinajstić information content (AvgIpc) is 2.94. The molecule has 1 aliphatic heterocycles. The van der Waals surface area contributed by atoms with E-state index in [1.165, 1.54) is 0 Å². The van der Waals surface area contributed by atoms with Crippen LogP contribution in [0.4, 0.5) is 0 Å². The summed E-state index contributed by atoms with van der Waals surface area (Å²) in [5.41, 5.74) is 0.840. The van der Waals surface area contributed by atoms with Gasteiger partial charge in [-0.15, -0.1) is 0 Å². The quantitative estimate of drug-likeness (QED) is 0.855.